The summed E-state index contributed by atoms with van der Waals surface area (Å²) in [6.45, 7) is 2.67. The molecule has 29 heavy (non-hydrogen) atoms. The molecule has 0 atom stereocenters. The van der Waals surface area contributed by atoms with Gasteiger partial charge in [0.1, 0.15) is 10.8 Å². The average molecular weight is 418 g/mol. The zero-order valence-corrected chi connectivity index (χ0v) is 17.3. The first-order chi connectivity index (χ1) is 14.0. The molecule has 0 unspecified atom stereocenters. The van der Waals surface area contributed by atoms with Gasteiger partial charge in [-0.05, 0) is 31.0 Å². The molecule has 0 saturated heterocycles. The summed E-state index contributed by atoms with van der Waals surface area (Å²) in [5.74, 6) is -0.455. The summed E-state index contributed by atoms with van der Waals surface area (Å²) >= 11 is 1.26. The lowest BCUT2D eigenvalue weighted by Gasteiger charge is -2.25. The molecule has 1 aliphatic heterocycles. The predicted molar refractivity (Wildman–Crippen MR) is 108 cm³/mol. The molecule has 154 valence electrons. The highest BCUT2D eigenvalue weighted by molar-refractivity contribution is 7.17. The molecule has 0 radical (unpaired) electrons. The van der Waals surface area contributed by atoms with Crippen LogP contribution in [0.25, 0.3) is 0 Å². The summed E-state index contributed by atoms with van der Waals surface area (Å²) in [5, 5.41) is 3.22. The number of anilines is 1. The molecule has 0 saturated carbocycles. The largest absolute Gasteiger partial charge is 0.496 e. The summed E-state index contributed by atoms with van der Waals surface area (Å²) in [5.41, 5.74) is 1.50. The van der Waals surface area contributed by atoms with Gasteiger partial charge in [0.15, 0.2) is 0 Å². The number of carbonyl (C=O) groups excluding carboxylic acids is 3. The van der Waals surface area contributed by atoms with E-state index in [4.69, 9.17) is 14.2 Å². The Kier molecular flexibility index (Phi) is 6.38. The third-order valence-corrected chi connectivity index (χ3v) is 5.68. The summed E-state index contributed by atoms with van der Waals surface area (Å²) in [4.78, 5) is 39.7. The third kappa shape index (κ3) is 4.19. The summed E-state index contributed by atoms with van der Waals surface area (Å²) in [7, 11) is 2.82. The van der Waals surface area contributed by atoms with E-state index >= 15 is 0 Å². The molecule has 3 rings (SSSR count). The monoisotopic (exact) mass is 418 g/mol. The van der Waals surface area contributed by atoms with Crippen LogP contribution in [0.1, 0.15) is 38.1 Å². The van der Waals surface area contributed by atoms with Crippen LogP contribution in [0.15, 0.2) is 24.3 Å². The molecule has 2 amide bonds. The molecule has 0 aliphatic carbocycles. The van der Waals surface area contributed by atoms with Gasteiger partial charge < -0.3 is 24.4 Å². The first-order valence-electron chi connectivity index (χ1n) is 9.09. The lowest BCUT2D eigenvalue weighted by atomic mass is 10.0. The minimum Gasteiger partial charge on any atom is -0.496 e. The van der Waals surface area contributed by atoms with E-state index < -0.39 is 18.0 Å². The van der Waals surface area contributed by atoms with Crippen LogP contribution in [0.3, 0.4) is 0 Å². The van der Waals surface area contributed by atoms with Gasteiger partial charge in [-0.15, -0.1) is 11.3 Å². The van der Waals surface area contributed by atoms with Crippen molar-refractivity contribution < 1.29 is 28.6 Å². The molecule has 8 nitrogen and oxygen atoms in total. The fourth-order valence-corrected chi connectivity index (χ4v) is 4.44. The number of esters is 1. The first-order valence-corrected chi connectivity index (χ1v) is 9.90. The van der Waals surface area contributed by atoms with Crippen LogP contribution < -0.4 is 10.1 Å². The van der Waals surface area contributed by atoms with Crippen molar-refractivity contribution in [1.82, 2.24) is 4.90 Å². The van der Waals surface area contributed by atoms with Crippen LogP contribution in [0, 0.1) is 0 Å². The van der Waals surface area contributed by atoms with Gasteiger partial charge in [0.2, 0.25) is 0 Å². The molecule has 1 N–H and O–H groups in total. The number of thiophene rings is 1. The van der Waals surface area contributed by atoms with Gasteiger partial charge in [0.05, 0.1) is 38.5 Å². The second-order valence-corrected chi connectivity index (χ2v) is 7.33. The van der Waals surface area contributed by atoms with Crippen LogP contribution >= 0.6 is 11.3 Å². The maximum atomic E-state index is 12.8. The minimum absolute atomic E-state index is 0.220. The van der Waals surface area contributed by atoms with E-state index in [0.29, 0.717) is 41.4 Å². The number of nitrogens with one attached hydrogen (secondary N) is 1. The quantitative estimate of drug-likeness (QED) is 0.749. The molecule has 9 heteroatoms. The van der Waals surface area contributed by atoms with E-state index in [1.54, 1.807) is 36.1 Å². The number of fused-ring (bicyclic) bond motifs is 1. The second kappa shape index (κ2) is 8.95. The van der Waals surface area contributed by atoms with Crippen molar-refractivity contribution in [2.75, 3.05) is 32.7 Å². The summed E-state index contributed by atoms with van der Waals surface area (Å²) in [6.07, 6.45) is 0.0425. The average Bonchev–Trinajstić information content (AvgIpc) is 3.10. The second-order valence-electron chi connectivity index (χ2n) is 6.22. The summed E-state index contributed by atoms with van der Waals surface area (Å²) in [6, 6.07) is 6.84. The number of ether oxygens (including phenoxy) is 3. The van der Waals surface area contributed by atoms with Crippen LogP contribution in [0.4, 0.5) is 9.80 Å². The number of para-hydroxylation sites is 1. The maximum Gasteiger partial charge on any atom is 0.409 e. The van der Waals surface area contributed by atoms with Crippen molar-refractivity contribution >= 4 is 34.3 Å². The standard InChI is InChI=1S/C20H22N2O6S/c1-4-28-19(24)16-13-9-10-22(20(25)27-3)11-15(13)29-18(16)21-17(23)12-7-5-6-8-14(12)26-2/h5-8H,4,9-11H2,1-3H3,(H,21,23). The molecule has 0 spiro atoms. The fourth-order valence-electron chi connectivity index (χ4n) is 3.20. The van der Waals surface area contributed by atoms with E-state index in [1.165, 1.54) is 25.6 Å². The minimum atomic E-state index is -0.494. The fraction of sp³-hybridized carbons (Fsp3) is 0.350. The lowest BCUT2D eigenvalue weighted by Crippen LogP contribution is -2.35. The highest BCUT2D eigenvalue weighted by Gasteiger charge is 2.31. The Hall–Kier alpha value is -3.07. The Morgan fingerprint density at radius 2 is 1.97 bits per heavy atom. The van der Waals surface area contributed by atoms with E-state index in [2.05, 4.69) is 5.32 Å². The number of hydrogen-bond donors (Lipinski definition) is 1. The van der Waals surface area contributed by atoms with Gasteiger partial charge in [-0.3, -0.25) is 4.79 Å². The highest BCUT2D eigenvalue weighted by Crippen LogP contribution is 2.38. The maximum absolute atomic E-state index is 12.8. The van der Waals surface area contributed by atoms with Crippen molar-refractivity contribution in [2.24, 2.45) is 0 Å². The molecular formula is C20H22N2O6S. The van der Waals surface area contributed by atoms with Crippen molar-refractivity contribution in [3.63, 3.8) is 0 Å². The number of rotatable bonds is 5. The van der Waals surface area contributed by atoms with Crippen molar-refractivity contribution in [3.05, 3.63) is 45.8 Å². The van der Waals surface area contributed by atoms with Crippen molar-refractivity contribution in [1.29, 1.82) is 0 Å². The Morgan fingerprint density at radius 1 is 1.21 bits per heavy atom. The van der Waals surface area contributed by atoms with Gasteiger partial charge in [-0.2, -0.15) is 0 Å². The molecular weight excluding hydrogens is 396 g/mol. The number of amides is 2. The molecule has 0 bridgehead atoms. The number of hydrogen-bond acceptors (Lipinski definition) is 7. The molecule has 1 aliphatic rings. The Bertz CT molecular complexity index is 939. The summed E-state index contributed by atoms with van der Waals surface area (Å²) < 4.78 is 15.2. The SMILES string of the molecule is CCOC(=O)c1c(NC(=O)c2ccccc2OC)sc2c1CCN(C(=O)OC)C2. The molecule has 0 fully saturated rings. The van der Waals surface area contributed by atoms with Gasteiger partial charge >= 0.3 is 12.1 Å². The molecule has 2 heterocycles. The first kappa shape index (κ1) is 20.7. The van der Waals surface area contributed by atoms with Crippen molar-refractivity contribution in [3.8, 4) is 5.75 Å². The van der Waals surface area contributed by atoms with Gasteiger partial charge in [0.25, 0.3) is 5.91 Å². The van der Waals surface area contributed by atoms with Crippen LogP contribution in [0.2, 0.25) is 0 Å². The van der Waals surface area contributed by atoms with E-state index in [9.17, 15) is 14.4 Å². The number of methoxy groups -OCH3 is 2. The van der Waals surface area contributed by atoms with E-state index in [1.807, 2.05) is 0 Å². The van der Waals surface area contributed by atoms with Crippen LogP contribution in [-0.4, -0.2) is 50.2 Å². The molecule has 1 aromatic heterocycles. The third-order valence-electron chi connectivity index (χ3n) is 4.55. The van der Waals surface area contributed by atoms with Gasteiger partial charge in [-0.25, -0.2) is 9.59 Å². The lowest BCUT2D eigenvalue weighted by molar-refractivity contribution is 0.0526. The Labute approximate surface area is 172 Å². The molecule has 1 aromatic carbocycles. The van der Waals surface area contributed by atoms with Crippen LogP contribution in [-0.2, 0) is 22.4 Å². The molecule has 2 aromatic rings. The van der Waals surface area contributed by atoms with E-state index in [-0.39, 0.29) is 6.61 Å². The number of carbonyl (C=O) groups is 3. The zero-order valence-electron chi connectivity index (χ0n) is 16.4. The highest BCUT2D eigenvalue weighted by atomic mass is 32.1. The smallest absolute Gasteiger partial charge is 0.409 e. The normalized spacial score (nSPS) is 12.7. The van der Waals surface area contributed by atoms with Crippen molar-refractivity contribution in [2.45, 2.75) is 19.9 Å². The van der Waals surface area contributed by atoms with E-state index in [0.717, 1.165) is 10.4 Å². The topological polar surface area (TPSA) is 94.2 Å². The Balaban J connectivity index is 1.95. The zero-order chi connectivity index (χ0) is 21.0. The predicted octanol–water partition coefficient (Wildman–Crippen LogP) is 3.31. The van der Waals surface area contributed by atoms with Gasteiger partial charge in [-0.1, -0.05) is 12.1 Å². The number of nitrogens with zero attached hydrogens (tertiary/aromatic N) is 1. The van der Waals surface area contributed by atoms with Crippen LogP contribution in [0.5, 0.6) is 5.75 Å². The Morgan fingerprint density at radius 3 is 2.66 bits per heavy atom. The number of benzene rings is 1. The van der Waals surface area contributed by atoms with Gasteiger partial charge in [0, 0.05) is 11.4 Å².